The number of carboxylic acids is 1. The van der Waals surface area contributed by atoms with Crippen molar-refractivity contribution in [3.63, 3.8) is 0 Å². The molecular weight excluding hydrogens is 208 g/mol. The molecule has 0 aliphatic rings. The number of carbonyl (C=O) groups is 1. The smallest absolute Gasteiger partial charge is 0.341 e. The molecule has 0 aliphatic heterocycles. The van der Waals surface area contributed by atoms with Gasteiger partial charge in [0.05, 0.1) is 17.6 Å². The molecule has 82 valence electrons. The minimum Gasteiger partial charge on any atom is -0.477 e. The van der Waals surface area contributed by atoms with E-state index in [-0.39, 0.29) is 11.4 Å². The van der Waals surface area contributed by atoms with Crippen molar-refractivity contribution in [2.24, 2.45) is 0 Å². The van der Waals surface area contributed by atoms with E-state index in [1.165, 1.54) is 10.9 Å². The standard InChI is InChI=1S/C10H10N4O2/c11-7-3-1-2-4-8(7)14-9(12)6(5-13-14)10(15)16/h1-5H,11-12H2,(H,15,16). The van der Waals surface area contributed by atoms with Gasteiger partial charge in [-0.05, 0) is 12.1 Å². The molecule has 0 atom stereocenters. The second-order valence-corrected chi connectivity index (χ2v) is 3.22. The lowest BCUT2D eigenvalue weighted by Crippen LogP contribution is -2.07. The van der Waals surface area contributed by atoms with Crippen LogP contribution in [-0.4, -0.2) is 20.9 Å². The number of rotatable bonds is 2. The highest BCUT2D eigenvalue weighted by Crippen LogP contribution is 2.21. The Kier molecular flexibility index (Phi) is 2.24. The van der Waals surface area contributed by atoms with Gasteiger partial charge in [-0.3, -0.25) is 0 Å². The molecule has 0 saturated carbocycles. The van der Waals surface area contributed by atoms with Crippen molar-refractivity contribution in [2.45, 2.75) is 0 Å². The molecule has 1 heterocycles. The molecule has 1 aromatic heterocycles. The third-order valence-corrected chi connectivity index (χ3v) is 2.20. The lowest BCUT2D eigenvalue weighted by Gasteiger charge is -2.06. The average molecular weight is 218 g/mol. The Balaban J connectivity index is 2.58. The van der Waals surface area contributed by atoms with E-state index in [9.17, 15) is 4.79 Å². The molecular formula is C10H10N4O2. The molecule has 0 saturated heterocycles. The van der Waals surface area contributed by atoms with E-state index in [2.05, 4.69) is 5.10 Å². The largest absolute Gasteiger partial charge is 0.477 e. The maximum absolute atomic E-state index is 10.8. The van der Waals surface area contributed by atoms with E-state index in [1.807, 2.05) is 0 Å². The first kappa shape index (κ1) is 10.0. The lowest BCUT2D eigenvalue weighted by atomic mass is 10.2. The van der Waals surface area contributed by atoms with E-state index in [0.29, 0.717) is 11.4 Å². The summed E-state index contributed by atoms with van der Waals surface area (Å²) >= 11 is 0. The van der Waals surface area contributed by atoms with Gasteiger partial charge < -0.3 is 16.6 Å². The van der Waals surface area contributed by atoms with Crippen LogP contribution in [-0.2, 0) is 0 Å². The first-order valence-corrected chi connectivity index (χ1v) is 4.53. The number of nitrogen functional groups attached to an aromatic ring is 2. The quantitative estimate of drug-likeness (QED) is 0.644. The minimum atomic E-state index is -1.11. The van der Waals surface area contributed by atoms with E-state index in [1.54, 1.807) is 24.3 Å². The van der Waals surface area contributed by atoms with E-state index in [0.717, 1.165) is 0 Å². The summed E-state index contributed by atoms with van der Waals surface area (Å²) in [4.78, 5) is 10.8. The van der Waals surface area contributed by atoms with Gasteiger partial charge >= 0.3 is 5.97 Å². The Morgan fingerprint density at radius 2 is 2.00 bits per heavy atom. The van der Waals surface area contributed by atoms with Crippen molar-refractivity contribution in [1.29, 1.82) is 0 Å². The fraction of sp³-hybridized carbons (Fsp3) is 0. The zero-order chi connectivity index (χ0) is 11.7. The second kappa shape index (κ2) is 3.58. The maximum Gasteiger partial charge on any atom is 0.341 e. The monoisotopic (exact) mass is 218 g/mol. The first-order valence-electron chi connectivity index (χ1n) is 4.53. The Morgan fingerprint density at radius 1 is 1.31 bits per heavy atom. The molecule has 0 amide bonds. The summed E-state index contributed by atoms with van der Waals surface area (Å²) in [5, 5.41) is 12.7. The number of nitrogens with two attached hydrogens (primary N) is 2. The summed E-state index contributed by atoms with van der Waals surface area (Å²) in [7, 11) is 0. The Morgan fingerprint density at radius 3 is 2.56 bits per heavy atom. The first-order chi connectivity index (χ1) is 7.61. The highest BCUT2D eigenvalue weighted by Gasteiger charge is 2.15. The fourth-order valence-electron chi connectivity index (χ4n) is 1.40. The molecule has 0 unspecified atom stereocenters. The van der Waals surface area contributed by atoms with Gasteiger partial charge in [0, 0.05) is 0 Å². The van der Waals surface area contributed by atoms with Crippen LogP contribution in [0.2, 0.25) is 0 Å². The number of hydrogen-bond acceptors (Lipinski definition) is 4. The van der Waals surface area contributed by atoms with Crippen molar-refractivity contribution >= 4 is 17.5 Å². The Hall–Kier alpha value is -2.50. The summed E-state index contributed by atoms with van der Waals surface area (Å²) in [6, 6.07) is 6.95. The molecule has 5 N–H and O–H groups in total. The van der Waals surface area contributed by atoms with Gasteiger partial charge in [-0.25, -0.2) is 9.48 Å². The molecule has 2 aromatic rings. The molecule has 6 nitrogen and oxygen atoms in total. The van der Waals surface area contributed by atoms with Gasteiger partial charge in [0.2, 0.25) is 0 Å². The molecule has 0 spiro atoms. The molecule has 2 rings (SSSR count). The number of carboxylic acid groups (broad SMARTS) is 1. The number of anilines is 2. The van der Waals surface area contributed by atoms with Crippen molar-refractivity contribution in [3.8, 4) is 5.69 Å². The van der Waals surface area contributed by atoms with Gasteiger partial charge in [0.1, 0.15) is 11.4 Å². The van der Waals surface area contributed by atoms with Gasteiger partial charge in [-0.2, -0.15) is 5.10 Å². The van der Waals surface area contributed by atoms with Crippen LogP contribution in [0.5, 0.6) is 0 Å². The third kappa shape index (κ3) is 1.46. The number of nitrogens with zero attached hydrogens (tertiary/aromatic N) is 2. The molecule has 1 aromatic carbocycles. The molecule has 0 radical (unpaired) electrons. The summed E-state index contributed by atoms with van der Waals surface area (Å²) in [5.74, 6) is -1.05. The second-order valence-electron chi connectivity index (χ2n) is 3.22. The van der Waals surface area contributed by atoms with Gasteiger partial charge in [-0.15, -0.1) is 0 Å². The fourth-order valence-corrected chi connectivity index (χ4v) is 1.40. The van der Waals surface area contributed by atoms with Crippen LogP contribution in [0.3, 0.4) is 0 Å². The van der Waals surface area contributed by atoms with Crippen LogP contribution >= 0.6 is 0 Å². The summed E-state index contributed by atoms with van der Waals surface area (Å²) in [5.41, 5.74) is 12.4. The SMILES string of the molecule is Nc1ccccc1-n1ncc(C(=O)O)c1N. The van der Waals surface area contributed by atoms with Gasteiger partial charge in [-0.1, -0.05) is 12.1 Å². The van der Waals surface area contributed by atoms with Crippen molar-refractivity contribution < 1.29 is 9.90 Å². The summed E-state index contributed by atoms with van der Waals surface area (Å²) < 4.78 is 1.30. The lowest BCUT2D eigenvalue weighted by molar-refractivity contribution is 0.0698. The zero-order valence-electron chi connectivity index (χ0n) is 8.29. The normalized spacial score (nSPS) is 10.2. The van der Waals surface area contributed by atoms with E-state index < -0.39 is 5.97 Å². The predicted molar refractivity (Wildman–Crippen MR) is 59.3 cm³/mol. The van der Waals surface area contributed by atoms with E-state index >= 15 is 0 Å². The van der Waals surface area contributed by atoms with Crippen LogP contribution in [0.1, 0.15) is 10.4 Å². The number of benzene rings is 1. The molecule has 0 bridgehead atoms. The highest BCUT2D eigenvalue weighted by molar-refractivity contribution is 5.92. The number of aromatic carboxylic acids is 1. The van der Waals surface area contributed by atoms with Crippen LogP contribution in [0.15, 0.2) is 30.5 Å². The van der Waals surface area contributed by atoms with E-state index in [4.69, 9.17) is 16.6 Å². The van der Waals surface area contributed by atoms with Gasteiger partial charge in [0.25, 0.3) is 0 Å². The number of para-hydroxylation sites is 2. The number of aromatic nitrogens is 2. The van der Waals surface area contributed by atoms with Crippen molar-refractivity contribution in [2.75, 3.05) is 11.5 Å². The zero-order valence-corrected chi connectivity index (χ0v) is 8.29. The molecule has 16 heavy (non-hydrogen) atoms. The highest BCUT2D eigenvalue weighted by atomic mass is 16.4. The van der Waals surface area contributed by atoms with Crippen molar-refractivity contribution in [3.05, 3.63) is 36.0 Å². The maximum atomic E-state index is 10.8. The van der Waals surface area contributed by atoms with Crippen LogP contribution in [0, 0.1) is 0 Å². The van der Waals surface area contributed by atoms with Crippen LogP contribution in [0.25, 0.3) is 5.69 Å². The summed E-state index contributed by atoms with van der Waals surface area (Å²) in [6.07, 6.45) is 1.20. The summed E-state index contributed by atoms with van der Waals surface area (Å²) in [6.45, 7) is 0. The van der Waals surface area contributed by atoms with Crippen LogP contribution < -0.4 is 11.5 Å². The van der Waals surface area contributed by atoms with Gasteiger partial charge in [0.15, 0.2) is 0 Å². The Labute approximate surface area is 91.1 Å². The topological polar surface area (TPSA) is 107 Å². The third-order valence-electron chi connectivity index (χ3n) is 2.20. The molecule has 0 aliphatic carbocycles. The predicted octanol–water partition coefficient (Wildman–Crippen LogP) is 0.735. The average Bonchev–Trinajstić information content (AvgIpc) is 2.61. The molecule has 0 fully saturated rings. The molecule has 6 heteroatoms. The Bertz CT molecular complexity index is 548. The minimum absolute atomic E-state index is 0.0387. The number of hydrogen-bond donors (Lipinski definition) is 3. The van der Waals surface area contributed by atoms with Crippen LogP contribution in [0.4, 0.5) is 11.5 Å². The van der Waals surface area contributed by atoms with Crippen molar-refractivity contribution in [1.82, 2.24) is 9.78 Å².